The zero-order valence-corrected chi connectivity index (χ0v) is 13.5. The first-order valence-corrected chi connectivity index (χ1v) is 8.11. The van der Waals surface area contributed by atoms with Crippen LogP contribution >= 0.6 is 15.9 Å². The molecule has 19 heavy (non-hydrogen) atoms. The summed E-state index contributed by atoms with van der Waals surface area (Å²) in [5.41, 5.74) is 1.28. The molecule has 106 valence electrons. The van der Waals surface area contributed by atoms with Gasteiger partial charge in [-0.25, -0.2) is 0 Å². The number of benzene rings is 1. The van der Waals surface area contributed by atoms with Gasteiger partial charge >= 0.3 is 0 Å². The Hall–Kier alpha value is -0.540. The Morgan fingerprint density at radius 2 is 2.11 bits per heavy atom. The van der Waals surface area contributed by atoms with E-state index in [2.05, 4.69) is 53.3 Å². The molecule has 0 spiro atoms. The summed E-state index contributed by atoms with van der Waals surface area (Å²) in [5, 5.41) is 3.53. The minimum atomic E-state index is 0.490. The zero-order valence-electron chi connectivity index (χ0n) is 11.9. The lowest BCUT2D eigenvalue weighted by Crippen LogP contribution is -2.18. The molecule has 1 fully saturated rings. The lowest BCUT2D eigenvalue weighted by atomic mass is 10.0. The van der Waals surface area contributed by atoms with Crippen LogP contribution in [0.1, 0.15) is 51.0 Å². The van der Waals surface area contributed by atoms with Gasteiger partial charge in [0.15, 0.2) is 0 Å². The van der Waals surface area contributed by atoms with E-state index in [1.165, 1.54) is 24.8 Å². The molecule has 0 radical (unpaired) electrons. The number of nitrogens with one attached hydrogen (secondary N) is 1. The van der Waals surface area contributed by atoms with Crippen LogP contribution in [-0.4, -0.2) is 19.2 Å². The van der Waals surface area contributed by atoms with Gasteiger partial charge in [0.2, 0.25) is 0 Å². The maximum Gasteiger partial charge on any atom is 0.122 e. The molecule has 1 aromatic rings. The van der Waals surface area contributed by atoms with Gasteiger partial charge in [-0.1, -0.05) is 29.8 Å². The zero-order chi connectivity index (χ0) is 13.7. The highest BCUT2D eigenvalue weighted by molar-refractivity contribution is 9.10. The first-order valence-electron chi connectivity index (χ1n) is 7.32. The molecule has 0 saturated heterocycles. The summed E-state index contributed by atoms with van der Waals surface area (Å²) in [6.45, 7) is 6.35. The third-order valence-corrected chi connectivity index (χ3v) is 3.93. The minimum absolute atomic E-state index is 0.490. The fourth-order valence-corrected chi connectivity index (χ4v) is 2.48. The maximum absolute atomic E-state index is 5.93. The molecule has 0 amide bonds. The molecule has 1 aromatic carbocycles. The molecule has 1 aliphatic rings. The van der Waals surface area contributed by atoms with E-state index >= 15 is 0 Å². The predicted molar refractivity (Wildman–Crippen MR) is 84.0 cm³/mol. The van der Waals surface area contributed by atoms with E-state index in [1.54, 1.807) is 0 Å². The second-order valence-corrected chi connectivity index (χ2v) is 6.54. The molecule has 0 aliphatic heterocycles. The van der Waals surface area contributed by atoms with Gasteiger partial charge in [0, 0.05) is 10.5 Å². The summed E-state index contributed by atoms with van der Waals surface area (Å²) in [6, 6.07) is 7.10. The van der Waals surface area contributed by atoms with Crippen molar-refractivity contribution < 1.29 is 4.74 Å². The fraction of sp³-hybridized carbons (Fsp3) is 0.625. The fourth-order valence-electron chi connectivity index (χ4n) is 2.10. The summed E-state index contributed by atoms with van der Waals surface area (Å²) < 4.78 is 7.05. The highest BCUT2D eigenvalue weighted by Gasteiger charge is 2.19. The van der Waals surface area contributed by atoms with Gasteiger partial charge in [0.05, 0.1) is 6.61 Å². The summed E-state index contributed by atoms with van der Waals surface area (Å²) in [4.78, 5) is 0. The summed E-state index contributed by atoms with van der Waals surface area (Å²) in [5.74, 6) is 1.53. The van der Waals surface area contributed by atoms with Crippen molar-refractivity contribution in [3.05, 3.63) is 28.2 Å². The predicted octanol–water partition coefficient (Wildman–Crippen LogP) is 4.48. The van der Waals surface area contributed by atoms with Gasteiger partial charge in [-0.05, 0) is 61.9 Å². The van der Waals surface area contributed by atoms with Crippen LogP contribution in [0.15, 0.2) is 22.7 Å². The molecule has 3 heteroatoms. The molecular weight excluding hydrogens is 302 g/mol. The largest absolute Gasteiger partial charge is 0.493 e. The summed E-state index contributed by atoms with van der Waals surface area (Å²) in [7, 11) is 0. The number of hydrogen-bond donors (Lipinski definition) is 1. The molecule has 0 unspecified atom stereocenters. The van der Waals surface area contributed by atoms with Crippen molar-refractivity contribution in [1.29, 1.82) is 0 Å². The van der Waals surface area contributed by atoms with E-state index in [4.69, 9.17) is 4.74 Å². The molecule has 0 heterocycles. The van der Waals surface area contributed by atoms with Crippen molar-refractivity contribution in [1.82, 2.24) is 5.32 Å². The third kappa shape index (κ3) is 5.15. The van der Waals surface area contributed by atoms with Gasteiger partial charge in [-0.2, -0.15) is 0 Å². The molecule has 0 atom stereocenters. The monoisotopic (exact) mass is 325 g/mol. The molecule has 0 bridgehead atoms. The van der Waals surface area contributed by atoms with Crippen LogP contribution in [0.4, 0.5) is 0 Å². The van der Waals surface area contributed by atoms with Gasteiger partial charge in [-0.15, -0.1) is 0 Å². The molecule has 1 saturated carbocycles. The van der Waals surface area contributed by atoms with E-state index in [9.17, 15) is 0 Å². The molecule has 2 rings (SSSR count). The quantitative estimate of drug-likeness (QED) is 0.711. The first kappa shape index (κ1) is 14.9. The van der Waals surface area contributed by atoms with Crippen LogP contribution in [0.2, 0.25) is 0 Å². The topological polar surface area (TPSA) is 21.3 Å². The van der Waals surface area contributed by atoms with Crippen LogP contribution in [0, 0.1) is 0 Å². The lowest BCUT2D eigenvalue weighted by Gasteiger charge is -2.14. The van der Waals surface area contributed by atoms with Gasteiger partial charge in [-0.3, -0.25) is 0 Å². The van der Waals surface area contributed by atoms with Crippen molar-refractivity contribution in [2.75, 3.05) is 13.2 Å². The minimum Gasteiger partial charge on any atom is -0.493 e. The van der Waals surface area contributed by atoms with E-state index in [-0.39, 0.29) is 0 Å². The van der Waals surface area contributed by atoms with Crippen LogP contribution in [-0.2, 0) is 0 Å². The van der Waals surface area contributed by atoms with Crippen molar-refractivity contribution >= 4 is 15.9 Å². The van der Waals surface area contributed by atoms with Gasteiger partial charge < -0.3 is 10.1 Å². The van der Waals surface area contributed by atoms with E-state index in [0.717, 1.165) is 35.8 Å². The van der Waals surface area contributed by atoms with Gasteiger partial charge in [0.25, 0.3) is 0 Å². The van der Waals surface area contributed by atoms with Crippen molar-refractivity contribution in [2.24, 2.45) is 0 Å². The Kier molecular flexibility index (Phi) is 5.71. The molecule has 1 N–H and O–H groups in total. The van der Waals surface area contributed by atoms with Crippen LogP contribution in [0.5, 0.6) is 5.75 Å². The molecule has 0 aromatic heterocycles. The van der Waals surface area contributed by atoms with Crippen molar-refractivity contribution in [3.63, 3.8) is 0 Å². The highest BCUT2D eigenvalue weighted by Crippen LogP contribution is 2.29. The average Bonchev–Trinajstić information content (AvgIpc) is 3.19. The Balaban J connectivity index is 1.71. The lowest BCUT2D eigenvalue weighted by molar-refractivity contribution is 0.301. The summed E-state index contributed by atoms with van der Waals surface area (Å²) in [6.07, 6.45) is 5.05. The van der Waals surface area contributed by atoms with E-state index < -0.39 is 0 Å². The normalized spacial score (nSPS) is 14.9. The second-order valence-electron chi connectivity index (χ2n) is 5.62. The van der Waals surface area contributed by atoms with E-state index in [1.807, 2.05) is 0 Å². The number of hydrogen-bond acceptors (Lipinski definition) is 2. The number of rotatable bonds is 8. The third-order valence-electron chi connectivity index (χ3n) is 3.43. The van der Waals surface area contributed by atoms with Crippen molar-refractivity contribution in [3.8, 4) is 5.75 Å². The van der Waals surface area contributed by atoms with Gasteiger partial charge in [0.1, 0.15) is 5.75 Å². The highest BCUT2D eigenvalue weighted by atomic mass is 79.9. The molecule has 2 nitrogen and oxygen atoms in total. The molecule has 1 aliphatic carbocycles. The van der Waals surface area contributed by atoms with Crippen LogP contribution in [0.3, 0.4) is 0 Å². The van der Waals surface area contributed by atoms with Crippen molar-refractivity contribution in [2.45, 2.75) is 51.5 Å². The standard InChI is InChI=1S/C16H24BrNO/c1-12(2)15-11-13(17)5-8-16(15)19-10-4-3-9-18-14-6-7-14/h5,8,11-12,14,18H,3-4,6-7,9-10H2,1-2H3. The molecular formula is C16H24BrNO. The van der Waals surface area contributed by atoms with Crippen LogP contribution < -0.4 is 10.1 Å². The van der Waals surface area contributed by atoms with Crippen LogP contribution in [0.25, 0.3) is 0 Å². The Morgan fingerprint density at radius 1 is 1.32 bits per heavy atom. The maximum atomic E-state index is 5.93. The first-order chi connectivity index (χ1) is 9.16. The van der Waals surface area contributed by atoms with E-state index in [0.29, 0.717) is 5.92 Å². The number of halogens is 1. The number of ether oxygens (including phenoxy) is 1. The smallest absolute Gasteiger partial charge is 0.122 e. The second kappa shape index (κ2) is 7.30. The Bertz CT molecular complexity index is 402. The summed E-state index contributed by atoms with van der Waals surface area (Å²) >= 11 is 3.52. The Morgan fingerprint density at radius 3 is 2.79 bits per heavy atom. The Labute approximate surface area is 125 Å². The number of unbranched alkanes of at least 4 members (excludes halogenated alkanes) is 1. The average molecular weight is 326 g/mol. The SMILES string of the molecule is CC(C)c1cc(Br)ccc1OCCCCNC1CC1.